The average Bonchev–Trinajstić information content (AvgIpc) is 2.48. The van der Waals surface area contributed by atoms with E-state index in [1.165, 1.54) is 0 Å². The van der Waals surface area contributed by atoms with Crippen molar-refractivity contribution < 1.29 is 9.84 Å². The Balaban J connectivity index is 2.52. The number of nitrogens with zero attached hydrogens (tertiary/aromatic N) is 3. The maximum atomic E-state index is 9.12. The summed E-state index contributed by atoms with van der Waals surface area (Å²) < 4.78 is 6.51. The van der Waals surface area contributed by atoms with E-state index in [2.05, 4.69) is 10.3 Å². The first-order valence-electron chi connectivity index (χ1n) is 3.81. The van der Waals surface area contributed by atoms with Crippen LogP contribution in [0.15, 0.2) is 6.20 Å². The zero-order chi connectivity index (χ0) is 8.97. The normalized spacial score (nSPS) is 13.2. The Morgan fingerprint density at radius 2 is 2.50 bits per heavy atom. The summed E-state index contributed by atoms with van der Waals surface area (Å²) in [5.41, 5.74) is 0.589. The molecule has 1 atom stereocenters. The highest BCUT2D eigenvalue weighted by atomic mass is 16.5. The minimum Gasteiger partial charge on any atom is -0.387 e. The van der Waals surface area contributed by atoms with Crippen LogP contribution in [0.25, 0.3) is 0 Å². The molecule has 0 saturated carbocycles. The molecule has 1 unspecified atom stereocenters. The van der Waals surface area contributed by atoms with Gasteiger partial charge < -0.3 is 9.84 Å². The van der Waals surface area contributed by atoms with E-state index < -0.39 is 6.10 Å². The van der Waals surface area contributed by atoms with Gasteiger partial charge in [0.05, 0.1) is 25.5 Å². The molecule has 1 aromatic heterocycles. The molecular formula is C7H13N3O2. The van der Waals surface area contributed by atoms with Crippen molar-refractivity contribution in [3.05, 3.63) is 11.9 Å². The summed E-state index contributed by atoms with van der Waals surface area (Å²) in [6.45, 7) is 2.92. The SMILES string of the molecule is COCCn1cc(C(C)O)nn1. The molecule has 0 aliphatic heterocycles. The van der Waals surface area contributed by atoms with E-state index in [9.17, 15) is 0 Å². The van der Waals surface area contributed by atoms with Gasteiger partial charge in [0.2, 0.25) is 0 Å². The van der Waals surface area contributed by atoms with Gasteiger partial charge in [0.25, 0.3) is 0 Å². The van der Waals surface area contributed by atoms with Crippen LogP contribution < -0.4 is 0 Å². The Bertz CT molecular complexity index is 234. The van der Waals surface area contributed by atoms with Gasteiger partial charge in [0.1, 0.15) is 5.69 Å². The van der Waals surface area contributed by atoms with Crippen molar-refractivity contribution >= 4 is 0 Å². The Hall–Kier alpha value is -0.940. The molecule has 5 heteroatoms. The molecule has 5 nitrogen and oxygen atoms in total. The largest absolute Gasteiger partial charge is 0.387 e. The lowest BCUT2D eigenvalue weighted by molar-refractivity contribution is 0.182. The van der Waals surface area contributed by atoms with Gasteiger partial charge in [-0.1, -0.05) is 5.21 Å². The van der Waals surface area contributed by atoms with Gasteiger partial charge in [-0.2, -0.15) is 0 Å². The van der Waals surface area contributed by atoms with Crippen LogP contribution in [0, 0.1) is 0 Å². The van der Waals surface area contributed by atoms with Gasteiger partial charge in [-0.3, -0.25) is 0 Å². The van der Waals surface area contributed by atoms with Gasteiger partial charge >= 0.3 is 0 Å². The van der Waals surface area contributed by atoms with Crippen molar-refractivity contribution in [1.29, 1.82) is 0 Å². The van der Waals surface area contributed by atoms with Gasteiger partial charge in [0.15, 0.2) is 0 Å². The van der Waals surface area contributed by atoms with Crippen LogP contribution in [0.5, 0.6) is 0 Å². The molecule has 0 spiro atoms. The zero-order valence-corrected chi connectivity index (χ0v) is 7.27. The number of ether oxygens (including phenoxy) is 1. The van der Waals surface area contributed by atoms with E-state index in [1.807, 2.05) is 0 Å². The standard InChI is InChI=1S/C7H13N3O2/c1-6(11)7-5-10(9-8-7)3-4-12-2/h5-6,11H,3-4H2,1-2H3. The van der Waals surface area contributed by atoms with E-state index in [1.54, 1.807) is 24.9 Å². The van der Waals surface area contributed by atoms with Crippen molar-refractivity contribution in [3.8, 4) is 0 Å². The lowest BCUT2D eigenvalue weighted by atomic mass is 10.3. The van der Waals surface area contributed by atoms with Crippen molar-refractivity contribution in [3.63, 3.8) is 0 Å². The topological polar surface area (TPSA) is 60.2 Å². The molecule has 1 aromatic rings. The third kappa shape index (κ3) is 2.28. The molecule has 0 aliphatic rings. The van der Waals surface area contributed by atoms with Gasteiger partial charge in [-0.15, -0.1) is 5.10 Å². The summed E-state index contributed by atoms with van der Waals surface area (Å²) in [6, 6.07) is 0. The third-order valence-electron chi connectivity index (χ3n) is 1.51. The average molecular weight is 171 g/mol. The summed E-state index contributed by atoms with van der Waals surface area (Å²) in [6.07, 6.45) is 1.16. The monoisotopic (exact) mass is 171 g/mol. The summed E-state index contributed by atoms with van der Waals surface area (Å²) in [5.74, 6) is 0. The summed E-state index contributed by atoms with van der Waals surface area (Å²) in [5, 5.41) is 16.7. The highest BCUT2D eigenvalue weighted by Gasteiger charge is 2.05. The highest BCUT2D eigenvalue weighted by Crippen LogP contribution is 2.05. The molecule has 0 amide bonds. The van der Waals surface area contributed by atoms with Gasteiger partial charge in [-0.25, -0.2) is 4.68 Å². The lowest BCUT2D eigenvalue weighted by Gasteiger charge is -1.97. The first kappa shape index (κ1) is 9.15. The van der Waals surface area contributed by atoms with Crippen molar-refractivity contribution in [2.24, 2.45) is 0 Å². The van der Waals surface area contributed by atoms with Crippen LogP contribution in [0.3, 0.4) is 0 Å². The molecule has 1 rings (SSSR count). The molecule has 1 N–H and O–H groups in total. The molecule has 0 fully saturated rings. The maximum Gasteiger partial charge on any atom is 0.111 e. The van der Waals surface area contributed by atoms with Crippen LogP contribution in [0.2, 0.25) is 0 Å². The van der Waals surface area contributed by atoms with Crippen LogP contribution >= 0.6 is 0 Å². The molecule has 0 bridgehead atoms. The molecule has 0 saturated heterocycles. The maximum absolute atomic E-state index is 9.12. The van der Waals surface area contributed by atoms with Gasteiger partial charge in [-0.05, 0) is 6.92 Å². The molecule has 0 aromatic carbocycles. The van der Waals surface area contributed by atoms with E-state index >= 15 is 0 Å². The first-order valence-corrected chi connectivity index (χ1v) is 3.81. The fourth-order valence-electron chi connectivity index (χ4n) is 0.799. The van der Waals surface area contributed by atoms with Crippen LogP contribution in [-0.2, 0) is 11.3 Å². The molecule has 0 radical (unpaired) electrons. The van der Waals surface area contributed by atoms with Crippen molar-refractivity contribution in [2.45, 2.75) is 19.6 Å². The van der Waals surface area contributed by atoms with Crippen molar-refractivity contribution in [1.82, 2.24) is 15.0 Å². The lowest BCUT2D eigenvalue weighted by Crippen LogP contribution is -2.04. The number of rotatable bonds is 4. The Labute approximate surface area is 71.0 Å². The third-order valence-corrected chi connectivity index (χ3v) is 1.51. The Morgan fingerprint density at radius 1 is 1.75 bits per heavy atom. The second kappa shape index (κ2) is 4.18. The fraction of sp³-hybridized carbons (Fsp3) is 0.714. The van der Waals surface area contributed by atoms with E-state index in [4.69, 9.17) is 9.84 Å². The molecule has 12 heavy (non-hydrogen) atoms. The second-order valence-electron chi connectivity index (χ2n) is 2.58. The number of aromatic nitrogens is 3. The summed E-state index contributed by atoms with van der Waals surface area (Å²) >= 11 is 0. The van der Waals surface area contributed by atoms with Crippen molar-refractivity contribution in [2.75, 3.05) is 13.7 Å². The number of methoxy groups -OCH3 is 1. The number of aliphatic hydroxyl groups is 1. The predicted octanol–water partition coefficient (Wildman–Crippen LogP) is -0.0222. The minimum absolute atomic E-state index is 0.554. The van der Waals surface area contributed by atoms with E-state index in [-0.39, 0.29) is 0 Å². The quantitative estimate of drug-likeness (QED) is 0.691. The molecular weight excluding hydrogens is 158 g/mol. The smallest absolute Gasteiger partial charge is 0.111 e. The second-order valence-corrected chi connectivity index (χ2v) is 2.58. The van der Waals surface area contributed by atoms with E-state index in [0.717, 1.165) is 0 Å². The Kier molecular flexibility index (Phi) is 3.19. The highest BCUT2D eigenvalue weighted by molar-refractivity contribution is 4.95. The van der Waals surface area contributed by atoms with Crippen LogP contribution in [-0.4, -0.2) is 33.8 Å². The minimum atomic E-state index is -0.554. The summed E-state index contributed by atoms with van der Waals surface area (Å²) in [7, 11) is 1.63. The van der Waals surface area contributed by atoms with Gasteiger partial charge in [0, 0.05) is 7.11 Å². The van der Waals surface area contributed by atoms with Crippen LogP contribution in [0.1, 0.15) is 18.7 Å². The molecule has 68 valence electrons. The Morgan fingerprint density at radius 3 is 3.00 bits per heavy atom. The first-order chi connectivity index (χ1) is 5.74. The predicted molar refractivity (Wildman–Crippen MR) is 42.5 cm³/mol. The number of aliphatic hydroxyl groups excluding tert-OH is 1. The van der Waals surface area contributed by atoms with Crippen LogP contribution in [0.4, 0.5) is 0 Å². The molecule has 1 heterocycles. The fourth-order valence-corrected chi connectivity index (χ4v) is 0.799. The zero-order valence-electron chi connectivity index (χ0n) is 7.27. The number of hydrogen-bond donors (Lipinski definition) is 1. The van der Waals surface area contributed by atoms with E-state index in [0.29, 0.717) is 18.8 Å². The molecule has 0 aliphatic carbocycles. The summed E-state index contributed by atoms with van der Waals surface area (Å²) in [4.78, 5) is 0. The number of hydrogen-bond acceptors (Lipinski definition) is 4.